The first-order valence-electron chi connectivity index (χ1n) is 13.4. The molecule has 5 rings (SSSR count). The summed E-state index contributed by atoms with van der Waals surface area (Å²) in [6.45, 7) is 8.98. The maximum absolute atomic E-state index is 14.1. The lowest BCUT2D eigenvalue weighted by Gasteiger charge is -2.40. The Morgan fingerprint density at radius 3 is 2.59 bits per heavy atom. The highest BCUT2D eigenvalue weighted by Gasteiger charge is 2.54. The molecule has 1 aliphatic carbocycles. The van der Waals surface area contributed by atoms with E-state index in [0.29, 0.717) is 41.3 Å². The van der Waals surface area contributed by atoms with Crippen molar-refractivity contribution in [3.8, 4) is 11.5 Å². The minimum Gasteiger partial charge on any atom is -0.493 e. The summed E-state index contributed by atoms with van der Waals surface area (Å²) >= 11 is 0. The smallest absolute Gasteiger partial charge is 0.295 e. The van der Waals surface area contributed by atoms with Crippen molar-refractivity contribution in [3.05, 3.63) is 59.0 Å². The maximum atomic E-state index is 14.1. The standard InChI is InChI=1S/C30H36N2O5/c1-6-7-13-36-22-12-11-20(16-24(22)35-5)27-26-28(33)21-14-17(2)18(3)15-23(21)37-29(26)30(34)32(27)25-10-8-9-19(4)31-25/h8-12,16-18,21,23,27H,6-7,13-15H2,1-5H3. The highest BCUT2D eigenvalue weighted by molar-refractivity contribution is 6.17. The first-order chi connectivity index (χ1) is 17.8. The van der Waals surface area contributed by atoms with Crippen LogP contribution in [0, 0.1) is 24.7 Å². The fraction of sp³-hybridized carbons (Fsp3) is 0.500. The fourth-order valence-corrected chi connectivity index (χ4v) is 5.78. The zero-order chi connectivity index (χ0) is 26.3. The van der Waals surface area contributed by atoms with Crippen molar-refractivity contribution in [1.82, 2.24) is 4.98 Å². The quantitative estimate of drug-likeness (QED) is 0.459. The molecule has 0 bridgehead atoms. The largest absolute Gasteiger partial charge is 0.493 e. The number of nitrogens with zero attached hydrogens (tertiary/aromatic N) is 2. The lowest BCUT2D eigenvalue weighted by atomic mass is 9.70. The molecular weight excluding hydrogens is 468 g/mol. The molecule has 2 aliphatic heterocycles. The maximum Gasteiger partial charge on any atom is 0.295 e. The fourth-order valence-electron chi connectivity index (χ4n) is 5.78. The number of fused-ring (bicyclic) bond motifs is 1. The average Bonchev–Trinajstić information content (AvgIpc) is 3.18. The third kappa shape index (κ3) is 4.49. The minimum atomic E-state index is -0.654. The van der Waals surface area contributed by atoms with Crippen molar-refractivity contribution in [1.29, 1.82) is 0 Å². The van der Waals surface area contributed by atoms with Crippen LogP contribution < -0.4 is 14.4 Å². The summed E-state index contributed by atoms with van der Waals surface area (Å²) in [5.74, 6) is 2.16. The van der Waals surface area contributed by atoms with Gasteiger partial charge in [0, 0.05) is 5.69 Å². The van der Waals surface area contributed by atoms with Crippen molar-refractivity contribution in [2.24, 2.45) is 17.8 Å². The number of hydrogen-bond donors (Lipinski definition) is 0. The Morgan fingerprint density at radius 2 is 1.86 bits per heavy atom. The van der Waals surface area contributed by atoms with Crippen LogP contribution in [0.25, 0.3) is 0 Å². The molecule has 0 N–H and O–H groups in total. The predicted octanol–water partition coefficient (Wildman–Crippen LogP) is 5.57. The Bertz CT molecular complexity index is 1240. The zero-order valence-corrected chi connectivity index (χ0v) is 22.3. The van der Waals surface area contributed by atoms with E-state index in [1.807, 2.05) is 37.3 Å². The number of rotatable bonds is 7. The number of aromatic nitrogens is 1. The van der Waals surface area contributed by atoms with E-state index in [-0.39, 0.29) is 29.5 Å². The van der Waals surface area contributed by atoms with Crippen LogP contribution in [0.1, 0.15) is 63.8 Å². The van der Waals surface area contributed by atoms with E-state index in [4.69, 9.17) is 14.2 Å². The van der Waals surface area contributed by atoms with E-state index in [0.717, 1.165) is 36.9 Å². The lowest BCUT2D eigenvalue weighted by molar-refractivity contribution is -0.134. The summed E-state index contributed by atoms with van der Waals surface area (Å²) in [6, 6.07) is 10.5. The van der Waals surface area contributed by atoms with Crippen LogP contribution in [0.15, 0.2) is 47.7 Å². The normalized spacial score (nSPS) is 27.1. The molecule has 2 aromatic rings. The van der Waals surface area contributed by atoms with E-state index < -0.39 is 6.04 Å². The van der Waals surface area contributed by atoms with Crippen molar-refractivity contribution >= 4 is 17.5 Å². The number of benzene rings is 1. The topological polar surface area (TPSA) is 78.0 Å². The number of ketones is 1. The van der Waals surface area contributed by atoms with Crippen LogP contribution >= 0.6 is 0 Å². The average molecular weight is 505 g/mol. The Morgan fingerprint density at radius 1 is 1.08 bits per heavy atom. The monoisotopic (exact) mass is 504 g/mol. The van der Waals surface area contributed by atoms with Crippen LogP contribution in [0.4, 0.5) is 5.82 Å². The van der Waals surface area contributed by atoms with Gasteiger partial charge in [0.2, 0.25) is 0 Å². The molecule has 1 aromatic carbocycles. The van der Waals surface area contributed by atoms with Crippen LogP contribution in [0.2, 0.25) is 0 Å². The number of amides is 1. The Hall–Kier alpha value is -3.35. The van der Waals surface area contributed by atoms with Gasteiger partial charge < -0.3 is 14.2 Å². The third-order valence-corrected chi connectivity index (χ3v) is 8.09. The third-order valence-electron chi connectivity index (χ3n) is 8.09. The molecule has 0 saturated heterocycles. The van der Waals surface area contributed by atoms with Crippen molar-refractivity contribution < 1.29 is 23.8 Å². The molecular formula is C30H36N2O5. The molecule has 1 fully saturated rings. The minimum absolute atomic E-state index is 0.0146. The van der Waals surface area contributed by atoms with E-state index >= 15 is 0 Å². The van der Waals surface area contributed by atoms with Gasteiger partial charge in [-0.25, -0.2) is 4.98 Å². The van der Waals surface area contributed by atoms with Gasteiger partial charge in [-0.05, 0) is 67.9 Å². The number of pyridine rings is 1. The van der Waals surface area contributed by atoms with Crippen molar-refractivity contribution in [2.75, 3.05) is 18.6 Å². The molecule has 5 atom stereocenters. The second-order valence-electron chi connectivity index (χ2n) is 10.6. The first-order valence-corrected chi connectivity index (χ1v) is 13.4. The molecule has 3 aliphatic rings. The molecule has 1 amide bonds. The number of Topliss-reactive ketones (excluding diaryl/α,β-unsaturated/α-hetero) is 1. The lowest BCUT2D eigenvalue weighted by Crippen LogP contribution is -2.43. The summed E-state index contributed by atoms with van der Waals surface area (Å²) in [5.41, 5.74) is 1.97. The van der Waals surface area contributed by atoms with Crippen LogP contribution in [-0.2, 0) is 14.3 Å². The second kappa shape index (κ2) is 10.2. The molecule has 0 radical (unpaired) electrons. The van der Waals surface area contributed by atoms with Crippen molar-refractivity contribution in [3.63, 3.8) is 0 Å². The molecule has 3 heterocycles. The number of unbranched alkanes of at least 4 members (excludes halogenated alkanes) is 1. The van der Waals surface area contributed by atoms with Crippen LogP contribution in [0.5, 0.6) is 11.5 Å². The molecule has 7 nitrogen and oxygen atoms in total. The van der Waals surface area contributed by atoms with Gasteiger partial charge in [-0.1, -0.05) is 39.3 Å². The Kier molecular flexibility index (Phi) is 6.97. The van der Waals surface area contributed by atoms with Gasteiger partial charge in [0.1, 0.15) is 11.9 Å². The SMILES string of the molecule is CCCCOc1ccc(C2C3=C(OC4CC(C)C(C)CC4C3=O)C(=O)N2c2cccc(C)n2)cc1OC. The van der Waals surface area contributed by atoms with Crippen LogP contribution in [-0.4, -0.2) is 36.5 Å². The van der Waals surface area contributed by atoms with Crippen molar-refractivity contribution in [2.45, 2.75) is 65.5 Å². The first kappa shape index (κ1) is 25.3. The zero-order valence-electron chi connectivity index (χ0n) is 22.3. The number of aryl methyl sites for hydroxylation is 1. The van der Waals surface area contributed by atoms with Gasteiger partial charge in [0.15, 0.2) is 23.0 Å². The molecule has 37 heavy (non-hydrogen) atoms. The van der Waals surface area contributed by atoms with Gasteiger partial charge in [-0.15, -0.1) is 0 Å². The van der Waals surface area contributed by atoms with Gasteiger partial charge in [0.05, 0.1) is 31.2 Å². The van der Waals surface area contributed by atoms with E-state index in [9.17, 15) is 9.59 Å². The van der Waals surface area contributed by atoms with E-state index in [2.05, 4.69) is 25.8 Å². The molecule has 1 saturated carbocycles. The van der Waals surface area contributed by atoms with E-state index in [1.54, 1.807) is 18.1 Å². The summed E-state index contributed by atoms with van der Waals surface area (Å²) in [4.78, 5) is 34.2. The summed E-state index contributed by atoms with van der Waals surface area (Å²) in [5, 5.41) is 0. The Balaban J connectivity index is 1.60. The summed E-state index contributed by atoms with van der Waals surface area (Å²) in [7, 11) is 1.60. The van der Waals surface area contributed by atoms with Gasteiger partial charge >= 0.3 is 0 Å². The highest BCUT2D eigenvalue weighted by Crippen LogP contribution is 2.50. The van der Waals surface area contributed by atoms with Gasteiger partial charge in [-0.3, -0.25) is 14.5 Å². The number of carbonyl (C=O) groups is 2. The molecule has 0 spiro atoms. The summed E-state index contributed by atoms with van der Waals surface area (Å²) in [6.07, 6.45) is 3.24. The summed E-state index contributed by atoms with van der Waals surface area (Å²) < 4.78 is 18.0. The molecule has 7 heteroatoms. The molecule has 1 aromatic heterocycles. The molecule has 196 valence electrons. The number of hydrogen-bond acceptors (Lipinski definition) is 6. The van der Waals surface area contributed by atoms with Gasteiger partial charge in [0.25, 0.3) is 5.91 Å². The number of carbonyl (C=O) groups excluding carboxylic acids is 2. The van der Waals surface area contributed by atoms with Gasteiger partial charge in [-0.2, -0.15) is 0 Å². The Labute approximate surface area is 218 Å². The highest BCUT2D eigenvalue weighted by atomic mass is 16.5. The number of methoxy groups -OCH3 is 1. The number of anilines is 1. The number of ether oxygens (including phenoxy) is 3. The second-order valence-corrected chi connectivity index (χ2v) is 10.6. The van der Waals surface area contributed by atoms with E-state index in [1.165, 1.54) is 0 Å². The molecule has 5 unspecified atom stereocenters. The predicted molar refractivity (Wildman–Crippen MR) is 141 cm³/mol. The van der Waals surface area contributed by atoms with Crippen LogP contribution in [0.3, 0.4) is 0 Å².